The van der Waals surface area contributed by atoms with E-state index in [0.717, 1.165) is 19.3 Å². The van der Waals surface area contributed by atoms with Gasteiger partial charge >= 0.3 is 0 Å². The fourth-order valence-corrected chi connectivity index (χ4v) is 0.732. The smallest absolute Gasteiger partial charge is 0.244 e. The van der Waals surface area contributed by atoms with Gasteiger partial charge in [0.05, 0.1) is 0 Å². The third-order valence-corrected chi connectivity index (χ3v) is 1.77. The Morgan fingerprint density at radius 2 is 2.00 bits per heavy atom. The molecule has 0 saturated heterocycles. The Hall–Kier alpha value is -0.530. The van der Waals surface area contributed by atoms with Crippen LogP contribution in [0.1, 0.15) is 40.0 Å². The predicted molar refractivity (Wildman–Crippen MR) is 41.4 cm³/mol. The van der Waals surface area contributed by atoms with Crippen molar-refractivity contribution in [3.8, 4) is 0 Å². The van der Waals surface area contributed by atoms with E-state index in [1.807, 2.05) is 13.8 Å². The number of hydrogen-bond acceptors (Lipinski definition) is 1. The highest BCUT2D eigenvalue weighted by atomic mass is 16.1. The quantitative estimate of drug-likeness (QED) is 0.592. The van der Waals surface area contributed by atoms with E-state index in [4.69, 9.17) is 5.73 Å². The first kappa shape index (κ1) is 9.47. The molecule has 0 spiro atoms. The van der Waals surface area contributed by atoms with E-state index in [1.165, 1.54) is 0 Å². The van der Waals surface area contributed by atoms with E-state index in [1.54, 1.807) is 0 Å². The summed E-state index contributed by atoms with van der Waals surface area (Å²) >= 11 is 0. The van der Waals surface area contributed by atoms with E-state index in [-0.39, 0.29) is 0 Å². The van der Waals surface area contributed by atoms with Crippen LogP contribution >= 0.6 is 0 Å². The normalized spacial score (nSPS) is 11.5. The topological polar surface area (TPSA) is 40.9 Å². The van der Waals surface area contributed by atoms with Gasteiger partial charge in [0, 0.05) is 5.41 Å². The van der Waals surface area contributed by atoms with Crippen LogP contribution in [0.4, 0.5) is 0 Å². The van der Waals surface area contributed by atoms with E-state index < -0.39 is 11.3 Å². The minimum Gasteiger partial charge on any atom is -0.273 e. The molecule has 59 valence electrons. The number of carbonyl (C=O) groups is 1. The molecule has 1 N–H and O–H groups in total. The maximum Gasteiger partial charge on any atom is 0.244 e. The van der Waals surface area contributed by atoms with Crippen LogP contribution in [0.5, 0.6) is 0 Å². The van der Waals surface area contributed by atoms with Crippen molar-refractivity contribution in [3.05, 3.63) is 0 Å². The molecule has 10 heavy (non-hydrogen) atoms. The molecule has 0 aliphatic carbocycles. The second-order valence-corrected chi connectivity index (χ2v) is 3.32. The molecule has 0 aliphatic heterocycles. The zero-order valence-corrected chi connectivity index (χ0v) is 7.03. The van der Waals surface area contributed by atoms with E-state index in [9.17, 15) is 4.79 Å². The number of rotatable bonds is 4. The largest absolute Gasteiger partial charge is 0.273 e. The molecule has 0 fully saturated rings. The van der Waals surface area contributed by atoms with Gasteiger partial charge in [-0.3, -0.25) is 10.5 Å². The summed E-state index contributed by atoms with van der Waals surface area (Å²) in [5.41, 5.74) is 6.50. The first-order valence-corrected chi connectivity index (χ1v) is 3.76. The highest BCUT2D eigenvalue weighted by molar-refractivity contribution is 5.79. The van der Waals surface area contributed by atoms with Gasteiger partial charge in [0.25, 0.3) is 0 Å². The van der Waals surface area contributed by atoms with Gasteiger partial charge in [0.2, 0.25) is 5.91 Å². The minimum atomic E-state index is -0.444. The summed E-state index contributed by atoms with van der Waals surface area (Å²) in [6.07, 6.45) is 2.97. The Morgan fingerprint density at radius 3 is 2.30 bits per heavy atom. The molecular weight excluding hydrogens is 126 g/mol. The maximum atomic E-state index is 10.6. The average molecular weight is 142 g/mol. The Bertz CT molecular complexity index is 118. The molecule has 0 aromatic rings. The van der Waals surface area contributed by atoms with Crippen molar-refractivity contribution >= 4 is 5.91 Å². The number of hydrogen-bond donors (Lipinski definition) is 0. The van der Waals surface area contributed by atoms with Crippen molar-refractivity contribution in [1.82, 2.24) is 5.73 Å². The average Bonchev–Trinajstić information content (AvgIpc) is 1.84. The van der Waals surface area contributed by atoms with Crippen LogP contribution in [0, 0.1) is 5.41 Å². The number of amides is 1. The fourth-order valence-electron chi connectivity index (χ4n) is 0.732. The van der Waals surface area contributed by atoms with Crippen LogP contribution in [0.3, 0.4) is 0 Å². The molecule has 0 rings (SSSR count). The van der Waals surface area contributed by atoms with Gasteiger partial charge in [0.15, 0.2) is 0 Å². The Kier molecular flexibility index (Phi) is 3.40. The lowest BCUT2D eigenvalue weighted by Gasteiger charge is -2.18. The van der Waals surface area contributed by atoms with Crippen LogP contribution in [0.15, 0.2) is 0 Å². The lowest BCUT2D eigenvalue weighted by Crippen LogP contribution is -2.24. The monoisotopic (exact) mass is 142 g/mol. The molecule has 0 saturated carbocycles. The molecule has 0 aromatic heterocycles. The lowest BCUT2D eigenvalue weighted by atomic mass is 9.87. The highest BCUT2D eigenvalue weighted by Crippen LogP contribution is 2.22. The van der Waals surface area contributed by atoms with Gasteiger partial charge in [-0.25, -0.2) is 0 Å². The van der Waals surface area contributed by atoms with Crippen molar-refractivity contribution in [3.63, 3.8) is 0 Å². The van der Waals surface area contributed by atoms with E-state index >= 15 is 0 Å². The van der Waals surface area contributed by atoms with Crippen LogP contribution in [0.25, 0.3) is 0 Å². The molecule has 0 atom stereocenters. The zero-order valence-electron chi connectivity index (χ0n) is 7.03. The molecule has 0 heterocycles. The van der Waals surface area contributed by atoms with E-state index in [0.29, 0.717) is 0 Å². The summed E-state index contributed by atoms with van der Waals surface area (Å²) in [5.74, 6) is -0.444. The van der Waals surface area contributed by atoms with Crippen molar-refractivity contribution in [2.24, 2.45) is 5.41 Å². The van der Waals surface area contributed by atoms with Crippen molar-refractivity contribution in [2.75, 3.05) is 0 Å². The summed E-state index contributed by atoms with van der Waals surface area (Å²) < 4.78 is 0. The molecule has 2 heteroatoms. The summed E-state index contributed by atoms with van der Waals surface area (Å²) in [6.45, 7) is 5.75. The van der Waals surface area contributed by atoms with Gasteiger partial charge in [-0.1, -0.05) is 33.6 Å². The van der Waals surface area contributed by atoms with Crippen molar-refractivity contribution in [2.45, 2.75) is 40.0 Å². The van der Waals surface area contributed by atoms with Gasteiger partial charge in [0.1, 0.15) is 0 Å². The maximum absolute atomic E-state index is 10.6. The van der Waals surface area contributed by atoms with Crippen LogP contribution in [-0.4, -0.2) is 5.91 Å². The van der Waals surface area contributed by atoms with Gasteiger partial charge in [-0.05, 0) is 6.42 Å². The summed E-state index contributed by atoms with van der Waals surface area (Å²) in [7, 11) is 0. The second kappa shape index (κ2) is 3.59. The molecular formula is C8H16NO. The molecule has 1 radical (unpaired) electrons. The van der Waals surface area contributed by atoms with Crippen LogP contribution < -0.4 is 5.73 Å². The minimum absolute atomic E-state index is 0.421. The second-order valence-electron chi connectivity index (χ2n) is 3.32. The zero-order chi connectivity index (χ0) is 8.20. The molecule has 0 bridgehead atoms. The number of nitrogens with one attached hydrogen (secondary N) is 1. The first-order valence-electron chi connectivity index (χ1n) is 3.76. The van der Waals surface area contributed by atoms with Crippen molar-refractivity contribution in [1.29, 1.82) is 0 Å². The number of carbonyl (C=O) groups excluding carboxylic acids is 1. The summed E-state index contributed by atoms with van der Waals surface area (Å²) in [6, 6.07) is 0. The van der Waals surface area contributed by atoms with E-state index in [2.05, 4.69) is 6.92 Å². The first-order chi connectivity index (χ1) is 4.50. The lowest BCUT2D eigenvalue weighted by molar-refractivity contribution is -0.127. The van der Waals surface area contributed by atoms with Crippen LogP contribution in [0.2, 0.25) is 0 Å². The Morgan fingerprint density at radius 1 is 1.50 bits per heavy atom. The van der Waals surface area contributed by atoms with Gasteiger partial charge in [-0.15, -0.1) is 0 Å². The predicted octanol–water partition coefficient (Wildman–Crippen LogP) is 2.01. The molecule has 2 nitrogen and oxygen atoms in total. The van der Waals surface area contributed by atoms with Gasteiger partial charge < -0.3 is 0 Å². The third kappa shape index (κ3) is 2.85. The molecule has 1 amide bonds. The Labute approximate surface area is 62.8 Å². The fraction of sp³-hybridized carbons (Fsp3) is 0.875. The standard InChI is InChI=1S/C8H16NO/c1-4-5-6-8(2,3)7(9)10/h9H,4-6H2,1-3H3. The molecule has 0 aliphatic rings. The SMILES string of the molecule is CCCCC(C)(C)C([NH])=O. The summed E-state index contributed by atoms with van der Waals surface area (Å²) in [4.78, 5) is 10.6. The highest BCUT2D eigenvalue weighted by Gasteiger charge is 2.24. The van der Waals surface area contributed by atoms with Crippen molar-refractivity contribution < 1.29 is 4.79 Å². The summed E-state index contributed by atoms with van der Waals surface area (Å²) in [5, 5.41) is 0. The van der Waals surface area contributed by atoms with Crippen LogP contribution in [-0.2, 0) is 4.79 Å². The third-order valence-electron chi connectivity index (χ3n) is 1.77. The Balaban J connectivity index is 3.75. The molecule has 0 unspecified atom stereocenters. The van der Waals surface area contributed by atoms with Gasteiger partial charge in [-0.2, -0.15) is 0 Å². The number of unbranched alkanes of at least 4 members (excludes halogenated alkanes) is 1. The molecule has 0 aromatic carbocycles.